The summed E-state index contributed by atoms with van der Waals surface area (Å²) in [4.78, 5) is 21.6. The SMILES string of the molecule is CN(C(=O)OC(C)(C)C)C1CCCN(c2nc3ccccc3n2Cc2ccc(Cl)c(Cl)c2)C1. The van der Waals surface area contributed by atoms with Gasteiger partial charge < -0.3 is 19.1 Å². The zero-order valence-corrected chi connectivity index (χ0v) is 21.0. The van der Waals surface area contributed by atoms with Crippen molar-refractivity contribution in [2.45, 2.75) is 51.8 Å². The maximum absolute atomic E-state index is 12.7. The van der Waals surface area contributed by atoms with Crippen LogP contribution in [0.3, 0.4) is 0 Å². The van der Waals surface area contributed by atoms with Crippen molar-refractivity contribution in [1.29, 1.82) is 0 Å². The number of halogens is 2. The van der Waals surface area contributed by atoms with Crippen LogP contribution >= 0.6 is 23.2 Å². The maximum atomic E-state index is 12.7. The number of aromatic nitrogens is 2. The Kier molecular flexibility index (Phi) is 6.78. The molecule has 1 unspecified atom stereocenters. The van der Waals surface area contributed by atoms with E-state index >= 15 is 0 Å². The molecule has 1 aromatic heterocycles. The second-order valence-electron chi connectivity index (χ2n) is 9.57. The van der Waals surface area contributed by atoms with Crippen LogP contribution in [0.2, 0.25) is 10.0 Å². The van der Waals surface area contributed by atoms with Crippen molar-refractivity contribution in [3.8, 4) is 0 Å². The molecule has 0 N–H and O–H groups in total. The molecule has 0 radical (unpaired) electrons. The fourth-order valence-corrected chi connectivity index (χ4v) is 4.54. The van der Waals surface area contributed by atoms with E-state index in [4.69, 9.17) is 32.9 Å². The zero-order chi connectivity index (χ0) is 23.8. The van der Waals surface area contributed by atoms with E-state index in [1.807, 2.05) is 64.2 Å². The van der Waals surface area contributed by atoms with E-state index < -0.39 is 5.60 Å². The predicted octanol–water partition coefficient (Wildman–Crippen LogP) is 6.23. The predicted molar refractivity (Wildman–Crippen MR) is 135 cm³/mol. The first-order chi connectivity index (χ1) is 15.6. The summed E-state index contributed by atoms with van der Waals surface area (Å²) in [5, 5.41) is 1.08. The molecule has 2 aromatic carbocycles. The molecule has 3 aromatic rings. The summed E-state index contributed by atoms with van der Waals surface area (Å²) in [7, 11) is 1.82. The molecule has 1 fully saturated rings. The van der Waals surface area contributed by atoms with Gasteiger partial charge >= 0.3 is 6.09 Å². The third kappa shape index (κ3) is 5.39. The van der Waals surface area contributed by atoms with Crippen molar-refractivity contribution in [3.63, 3.8) is 0 Å². The Hall–Kier alpha value is -2.44. The molecule has 0 aliphatic carbocycles. The molecule has 33 heavy (non-hydrogen) atoms. The van der Waals surface area contributed by atoms with E-state index in [0.717, 1.165) is 41.9 Å². The minimum Gasteiger partial charge on any atom is -0.444 e. The minimum absolute atomic E-state index is 0.0480. The Labute approximate surface area is 205 Å². The molecule has 176 valence electrons. The van der Waals surface area contributed by atoms with E-state index in [1.54, 1.807) is 4.90 Å². The number of piperidine rings is 1. The van der Waals surface area contributed by atoms with Crippen molar-refractivity contribution < 1.29 is 9.53 Å². The lowest BCUT2D eigenvalue weighted by molar-refractivity contribution is 0.0209. The third-order valence-corrected chi connectivity index (χ3v) is 6.61. The van der Waals surface area contributed by atoms with Gasteiger partial charge in [-0.1, -0.05) is 41.4 Å². The monoisotopic (exact) mass is 488 g/mol. The maximum Gasteiger partial charge on any atom is 0.410 e. The molecule has 0 bridgehead atoms. The minimum atomic E-state index is -0.520. The number of hydrogen-bond acceptors (Lipinski definition) is 4. The number of nitrogens with zero attached hydrogens (tertiary/aromatic N) is 4. The number of carbonyl (C=O) groups is 1. The largest absolute Gasteiger partial charge is 0.444 e. The first-order valence-electron chi connectivity index (χ1n) is 11.2. The van der Waals surface area contributed by atoms with Gasteiger partial charge in [0.1, 0.15) is 5.60 Å². The number of ether oxygens (including phenoxy) is 1. The molecule has 2 heterocycles. The quantitative estimate of drug-likeness (QED) is 0.436. The van der Waals surface area contributed by atoms with Gasteiger partial charge in [-0.25, -0.2) is 9.78 Å². The van der Waals surface area contributed by atoms with Crippen LogP contribution in [0.15, 0.2) is 42.5 Å². The number of benzene rings is 2. The fourth-order valence-electron chi connectivity index (χ4n) is 4.22. The Morgan fingerprint density at radius 1 is 1.18 bits per heavy atom. The van der Waals surface area contributed by atoms with Gasteiger partial charge in [0, 0.05) is 20.1 Å². The van der Waals surface area contributed by atoms with Crippen LogP contribution in [-0.4, -0.2) is 52.3 Å². The second kappa shape index (κ2) is 9.43. The lowest BCUT2D eigenvalue weighted by atomic mass is 10.1. The molecule has 8 heteroatoms. The van der Waals surface area contributed by atoms with Crippen molar-refractivity contribution in [1.82, 2.24) is 14.5 Å². The summed E-state index contributed by atoms with van der Waals surface area (Å²) < 4.78 is 7.80. The number of rotatable bonds is 4. The van der Waals surface area contributed by atoms with Gasteiger partial charge in [-0.3, -0.25) is 0 Å². The van der Waals surface area contributed by atoms with Gasteiger partial charge in [0.15, 0.2) is 0 Å². The van der Waals surface area contributed by atoms with Crippen LogP contribution in [0.1, 0.15) is 39.2 Å². The van der Waals surface area contributed by atoms with E-state index in [9.17, 15) is 4.79 Å². The highest BCUT2D eigenvalue weighted by atomic mass is 35.5. The van der Waals surface area contributed by atoms with E-state index in [2.05, 4.69) is 15.5 Å². The summed E-state index contributed by atoms with van der Waals surface area (Å²) in [6.07, 6.45) is 1.60. The smallest absolute Gasteiger partial charge is 0.410 e. The lowest BCUT2D eigenvalue weighted by Crippen LogP contribution is -2.50. The Bertz CT molecular complexity index is 1160. The Balaban J connectivity index is 1.62. The van der Waals surface area contributed by atoms with Crippen LogP contribution in [0.5, 0.6) is 0 Å². The molecule has 0 saturated carbocycles. The van der Waals surface area contributed by atoms with Gasteiger partial charge in [-0.2, -0.15) is 0 Å². The first kappa shape index (κ1) is 23.7. The Morgan fingerprint density at radius 3 is 2.67 bits per heavy atom. The molecule has 1 aliphatic heterocycles. The molecule has 6 nitrogen and oxygen atoms in total. The van der Waals surface area contributed by atoms with Crippen molar-refractivity contribution in [2.75, 3.05) is 25.0 Å². The number of carbonyl (C=O) groups excluding carboxylic acids is 1. The molecule has 1 amide bonds. The van der Waals surface area contributed by atoms with Gasteiger partial charge in [-0.05, 0) is 63.4 Å². The van der Waals surface area contributed by atoms with Crippen molar-refractivity contribution >= 4 is 46.3 Å². The molecule has 0 spiro atoms. The van der Waals surface area contributed by atoms with Crippen LogP contribution in [0, 0.1) is 0 Å². The normalized spacial score (nSPS) is 16.8. The first-order valence-corrected chi connectivity index (χ1v) is 12.0. The summed E-state index contributed by atoms with van der Waals surface area (Å²) in [5.74, 6) is 0.893. The van der Waals surface area contributed by atoms with Crippen LogP contribution in [0.4, 0.5) is 10.7 Å². The standard InChI is InChI=1S/C25H30Cl2N4O2/c1-25(2,3)33-24(32)29(4)18-8-7-13-30(16-18)23-28-21-9-5-6-10-22(21)31(23)15-17-11-12-19(26)20(27)14-17/h5-6,9-12,14,18H,7-8,13,15-16H2,1-4H3. The Morgan fingerprint density at radius 2 is 1.94 bits per heavy atom. The zero-order valence-electron chi connectivity index (χ0n) is 19.5. The molecule has 1 aliphatic rings. The average Bonchev–Trinajstić information content (AvgIpc) is 3.13. The van der Waals surface area contributed by atoms with E-state index in [1.165, 1.54) is 0 Å². The summed E-state index contributed by atoms with van der Waals surface area (Å²) in [5.41, 5.74) is 2.53. The number of fused-ring (bicyclic) bond motifs is 1. The highest BCUT2D eigenvalue weighted by Crippen LogP contribution is 2.29. The number of amides is 1. The second-order valence-corrected chi connectivity index (χ2v) is 10.4. The van der Waals surface area contributed by atoms with E-state index in [0.29, 0.717) is 23.1 Å². The van der Waals surface area contributed by atoms with Gasteiger partial charge in [0.2, 0.25) is 5.95 Å². The van der Waals surface area contributed by atoms with Crippen molar-refractivity contribution in [3.05, 3.63) is 58.1 Å². The van der Waals surface area contributed by atoms with Crippen LogP contribution in [-0.2, 0) is 11.3 Å². The van der Waals surface area contributed by atoms with Crippen molar-refractivity contribution in [2.24, 2.45) is 0 Å². The van der Waals surface area contributed by atoms with E-state index in [-0.39, 0.29) is 12.1 Å². The number of hydrogen-bond donors (Lipinski definition) is 0. The highest BCUT2D eigenvalue weighted by molar-refractivity contribution is 6.42. The lowest BCUT2D eigenvalue weighted by Gasteiger charge is -2.38. The van der Waals surface area contributed by atoms with Gasteiger partial charge in [0.05, 0.1) is 33.7 Å². The number of likely N-dealkylation sites (N-methyl/N-ethyl adjacent to an activating group) is 1. The summed E-state index contributed by atoms with van der Waals surface area (Å²) in [6.45, 7) is 7.85. The molecular weight excluding hydrogens is 459 g/mol. The fraction of sp³-hybridized carbons (Fsp3) is 0.440. The van der Waals surface area contributed by atoms with Gasteiger partial charge in [-0.15, -0.1) is 0 Å². The van der Waals surface area contributed by atoms with Crippen LogP contribution in [0.25, 0.3) is 11.0 Å². The molecule has 1 atom stereocenters. The summed E-state index contributed by atoms with van der Waals surface area (Å²) >= 11 is 12.4. The van der Waals surface area contributed by atoms with Crippen LogP contribution < -0.4 is 4.90 Å². The van der Waals surface area contributed by atoms with Gasteiger partial charge in [0.25, 0.3) is 0 Å². The molecular formula is C25H30Cl2N4O2. The number of anilines is 1. The number of para-hydroxylation sites is 2. The highest BCUT2D eigenvalue weighted by Gasteiger charge is 2.31. The third-order valence-electron chi connectivity index (χ3n) is 5.87. The average molecular weight is 489 g/mol. The molecule has 4 rings (SSSR count). The topological polar surface area (TPSA) is 50.6 Å². The molecule has 1 saturated heterocycles. The summed E-state index contributed by atoms with van der Waals surface area (Å²) in [6, 6.07) is 13.9. The number of imidazole rings is 1.